The number of aryl methyl sites for hydroxylation is 1. The Morgan fingerprint density at radius 1 is 1.08 bits per heavy atom. The van der Waals surface area contributed by atoms with Crippen LogP contribution in [0.4, 0.5) is 0 Å². The zero-order valence-corrected chi connectivity index (χ0v) is 14.9. The molecule has 0 unspecified atom stereocenters. The number of hydrogen-bond acceptors (Lipinski definition) is 4. The Labute approximate surface area is 152 Å². The van der Waals surface area contributed by atoms with Gasteiger partial charge in [-0.2, -0.15) is 5.10 Å². The fraction of sp³-hybridized carbons (Fsp3) is 0.400. The number of hydrogen-bond donors (Lipinski definition) is 0. The number of carbonyl (C=O) groups excluding carboxylic acids is 2. The average Bonchev–Trinajstić information content (AvgIpc) is 2.69. The third-order valence-corrected chi connectivity index (χ3v) is 4.73. The summed E-state index contributed by atoms with van der Waals surface area (Å²) in [7, 11) is 0. The molecule has 6 heteroatoms. The lowest BCUT2D eigenvalue weighted by Gasteiger charge is -2.31. The molecule has 1 aliphatic rings. The minimum Gasteiger partial charge on any atom is -0.337 e. The maximum atomic E-state index is 12.7. The second-order valence-electron chi connectivity index (χ2n) is 6.58. The van der Waals surface area contributed by atoms with Gasteiger partial charge in [-0.15, -0.1) is 0 Å². The number of amides is 1. The van der Waals surface area contributed by atoms with Gasteiger partial charge in [-0.1, -0.05) is 37.3 Å². The normalized spacial score (nSPS) is 15.0. The Morgan fingerprint density at radius 2 is 1.77 bits per heavy atom. The van der Waals surface area contributed by atoms with Crippen LogP contribution in [0, 0.1) is 5.92 Å². The van der Waals surface area contributed by atoms with Gasteiger partial charge < -0.3 is 4.90 Å². The summed E-state index contributed by atoms with van der Waals surface area (Å²) in [5.74, 6) is -0.0868. The molecule has 1 saturated heterocycles. The Kier molecular flexibility index (Phi) is 5.61. The van der Waals surface area contributed by atoms with Crippen molar-refractivity contribution >= 4 is 11.7 Å². The summed E-state index contributed by atoms with van der Waals surface area (Å²) in [5.41, 5.74) is 0.812. The quantitative estimate of drug-likeness (QED) is 0.774. The minimum absolute atomic E-state index is 0.0524. The molecule has 0 N–H and O–H groups in total. The van der Waals surface area contributed by atoms with Crippen molar-refractivity contribution in [3.8, 4) is 0 Å². The van der Waals surface area contributed by atoms with Crippen molar-refractivity contribution in [1.29, 1.82) is 0 Å². The molecule has 136 valence electrons. The maximum Gasteiger partial charge on any atom is 0.274 e. The van der Waals surface area contributed by atoms with E-state index >= 15 is 0 Å². The van der Waals surface area contributed by atoms with Crippen LogP contribution < -0.4 is 5.56 Å². The molecular formula is C20H23N3O3. The molecule has 2 aromatic rings. The fourth-order valence-electron chi connectivity index (χ4n) is 3.28. The summed E-state index contributed by atoms with van der Waals surface area (Å²) in [5, 5.41) is 4.18. The smallest absolute Gasteiger partial charge is 0.274 e. The zero-order chi connectivity index (χ0) is 18.5. The molecule has 1 aromatic heterocycles. The van der Waals surface area contributed by atoms with Crippen molar-refractivity contribution in [2.75, 3.05) is 13.1 Å². The van der Waals surface area contributed by atoms with Crippen molar-refractivity contribution in [3.05, 3.63) is 64.1 Å². The van der Waals surface area contributed by atoms with E-state index in [0.29, 0.717) is 32.5 Å². The average molecular weight is 353 g/mol. The predicted octanol–water partition coefficient (Wildman–Crippen LogP) is 2.39. The zero-order valence-electron chi connectivity index (χ0n) is 14.9. The van der Waals surface area contributed by atoms with Crippen molar-refractivity contribution < 1.29 is 9.59 Å². The Morgan fingerprint density at radius 3 is 2.42 bits per heavy atom. The number of piperidine rings is 1. The van der Waals surface area contributed by atoms with Crippen molar-refractivity contribution in [3.63, 3.8) is 0 Å². The lowest BCUT2D eigenvalue weighted by atomic mass is 9.89. The Hall–Kier alpha value is -2.76. The van der Waals surface area contributed by atoms with Crippen LogP contribution in [0.2, 0.25) is 0 Å². The van der Waals surface area contributed by atoms with Gasteiger partial charge in [0.15, 0.2) is 5.78 Å². The molecule has 0 radical (unpaired) electrons. The van der Waals surface area contributed by atoms with Gasteiger partial charge in [-0.25, -0.2) is 4.68 Å². The van der Waals surface area contributed by atoms with E-state index in [-0.39, 0.29) is 28.9 Å². The van der Waals surface area contributed by atoms with E-state index in [2.05, 4.69) is 5.10 Å². The number of rotatable bonds is 5. The first kappa shape index (κ1) is 18.0. The van der Waals surface area contributed by atoms with E-state index in [1.165, 1.54) is 16.8 Å². The summed E-state index contributed by atoms with van der Waals surface area (Å²) in [4.78, 5) is 38.7. The largest absolute Gasteiger partial charge is 0.337 e. The SMILES string of the molecule is CCCn1nc(C(=O)N2CCC(C(=O)c3ccccc3)CC2)ccc1=O. The van der Waals surface area contributed by atoms with Crippen LogP contribution in [-0.2, 0) is 6.54 Å². The van der Waals surface area contributed by atoms with Crippen LogP contribution in [-0.4, -0.2) is 39.5 Å². The highest BCUT2D eigenvalue weighted by Crippen LogP contribution is 2.22. The number of likely N-dealkylation sites (tertiary alicyclic amines) is 1. The molecule has 0 aliphatic carbocycles. The molecule has 1 aliphatic heterocycles. The number of benzene rings is 1. The molecule has 1 aromatic carbocycles. The number of ketones is 1. The van der Waals surface area contributed by atoms with E-state index in [9.17, 15) is 14.4 Å². The van der Waals surface area contributed by atoms with Crippen LogP contribution in [0.25, 0.3) is 0 Å². The van der Waals surface area contributed by atoms with Gasteiger partial charge >= 0.3 is 0 Å². The van der Waals surface area contributed by atoms with Gasteiger partial charge in [0.1, 0.15) is 5.69 Å². The molecule has 0 saturated carbocycles. The van der Waals surface area contributed by atoms with E-state index < -0.39 is 0 Å². The third-order valence-electron chi connectivity index (χ3n) is 4.73. The summed E-state index contributed by atoms with van der Waals surface area (Å²) in [6, 6.07) is 12.2. The van der Waals surface area contributed by atoms with Gasteiger partial charge in [-0.05, 0) is 25.3 Å². The first-order valence-corrected chi connectivity index (χ1v) is 9.07. The van der Waals surface area contributed by atoms with Gasteiger partial charge in [-0.3, -0.25) is 14.4 Å². The number of carbonyl (C=O) groups is 2. The Bertz CT molecular complexity index is 837. The van der Waals surface area contributed by atoms with E-state index in [0.717, 1.165) is 12.0 Å². The molecule has 1 fully saturated rings. The van der Waals surface area contributed by atoms with Crippen molar-refractivity contribution in [2.45, 2.75) is 32.7 Å². The molecule has 6 nitrogen and oxygen atoms in total. The summed E-state index contributed by atoms with van der Waals surface area (Å²) >= 11 is 0. The third kappa shape index (κ3) is 3.90. The lowest BCUT2D eigenvalue weighted by Crippen LogP contribution is -2.41. The molecule has 0 spiro atoms. The lowest BCUT2D eigenvalue weighted by molar-refractivity contribution is 0.0643. The molecular weight excluding hydrogens is 330 g/mol. The number of nitrogens with zero attached hydrogens (tertiary/aromatic N) is 3. The van der Waals surface area contributed by atoms with Gasteiger partial charge in [0.2, 0.25) is 0 Å². The maximum absolute atomic E-state index is 12.7. The van der Waals surface area contributed by atoms with Crippen molar-refractivity contribution in [1.82, 2.24) is 14.7 Å². The fourth-order valence-corrected chi connectivity index (χ4v) is 3.28. The van der Waals surface area contributed by atoms with E-state index in [4.69, 9.17) is 0 Å². The summed E-state index contributed by atoms with van der Waals surface area (Å²) in [6.45, 7) is 3.50. The first-order chi connectivity index (χ1) is 12.6. The number of Topliss-reactive ketones (excluding diaryl/α,β-unsaturated/α-hetero) is 1. The van der Waals surface area contributed by atoms with Crippen LogP contribution in [0.15, 0.2) is 47.3 Å². The molecule has 3 rings (SSSR count). The topological polar surface area (TPSA) is 72.3 Å². The van der Waals surface area contributed by atoms with Crippen LogP contribution in [0.3, 0.4) is 0 Å². The molecule has 26 heavy (non-hydrogen) atoms. The summed E-state index contributed by atoms with van der Waals surface area (Å²) < 4.78 is 1.33. The first-order valence-electron chi connectivity index (χ1n) is 9.07. The van der Waals surface area contributed by atoms with Gasteiger partial charge in [0.25, 0.3) is 11.5 Å². The number of aromatic nitrogens is 2. The van der Waals surface area contributed by atoms with Crippen molar-refractivity contribution in [2.24, 2.45) is 5.92 Å². The van der Waals surface area contributed by atoms with Gasteiger partial charge in [0.05, 0.1) is 0 Å². The summed E-state index contributed by atoms with van der Waals surface area (Å²) in [6.07, 6.45) is 2.07. The molecule has 0 bridgehead atoms. The van der Waals surface area contributed by atoms with Gasteiger partial charge in [0, 0.05) is 37.2 Å². The molecule has 0 atom stereocenters. The van der Waals surface area contributed by atoms with Crippen LogP contribution >= 0.6 is 0 Å². The Balaban J connectivity index is 1.64. The minimum atomic E-state index is -0.199. The van der Waals surface area contributed by atoms with Crippen LogP contribution in [0.5, 0.6) is 0 Å². The van der Waals surface area contributed by atoms with E-state index in [1.807, 2.05) is 37.3 Å². The second kappa shape index (κ2) is 8.08. The predicted molar refractivity (Wildman–Crippen MR) is 98.2 cm³/mol. The standard InChI is InChI=1S/C20H23N3O3/c1-2-12-23-18(24)9-8-17(21-23)20(26)22-13-10-16(11-14-22)19(25)15-6-4-3-5-7-15/h3-9,16H,2,10-14H2,1H3. The van der Waals surface area contributed by atoms with E-state index in [1.54, 1.807) is 4.90 Å². The molecule has 1 amide bonds. The molecule has 2 heterocycles. The highest BCUT2D eigenvalue weighted by Gasteiger charge is 2.29. The van der Waals surface area contributed by atoms with Crippen LogP contribution in [0.1, 0.15) is 47.0 Å². The second-order valence-corrected chi connectivity index (χ2v) is 6.58. The highest BCUT2D eigenvalue weighted by molar-refractivity contribution is 5.98. The monoisotopic (exact) mass is 353 g/mol. The highest BCUT2D eigenvalue weighted by atomic mass is 16.2.